The Balaban J connectivity index is 1.73. The van der Waals surface area contributed by atoms with Crippen LogP contribution in [0.15, 0.2) is 115 Å². The number of halogens is 7. The van der Waals surface area contributed by atoms with Crippen LogP contribution in [0.1, 0.15) is 29.9 Å². The highest BCUT2D eigenvalue weighted by Crippen LogP contribution is 2.67. The summed E-state index contributed by atoms with van der Waals surface area (Å²) in [6, 6.07) is 26.3. The molecule has 0 N–H and O–H groups in total. The maximum absolute atomic E-state index is 16.2. The van der Waals surface area contributed by atoms with E-state index in [4.69, 9.17) is 11.6 Å². The van der Waals surface area contributed by atoms with Crippen molar-refractivity contribution in [3.8, 4) is 31.3 Å². The monoisotopic (exact) mass is 682 g/mol. The summed E-state index contributed by atoms with van der Waals surface area (Å²) >= 11 is 8.21. The lowest BCUT2D eigenvalue weighted by Gasteiger charge is -2.26. The van der Waals surface area contributed by atoms with Gasteiger partial charge in [-0.3, -0.25) is 0 Å². The molecule has 0 fully saturated rings. The summed E-state index contributed by atoms with van der Waals surface area (Å²) in [7, 11) is 0. The van der Waals surface area contributed by atoms with Crippen molar-refractivity contribution >= 4 is 51.0 Å². The minimum Gasteiger partial charge on any atom is -0.194 e. The Morgan fingerprint density at radius 2 is 1.15 bits per heavy atom. The molecule has 9 heteroatoms. The van der Waals surface area contributed by atoms with Crippen molar-refractivity contribution in [3.05, 3.63) is 136 Å². The van der Waals surface area contributed by atoms with E-state index in [0.717, 1.165) is 22.7 Å². The van der Waals surface area contributed by atoms with Gasteiger partial charge >= 0.3 is 17.8 Å². The molecule has 2 heterocycles. The molecule has 2 aromatic heterocycles. The van der Waals surface area contributed by atoms with E-state index in [1.807, 2.05) is 0 Å². The molecule has 0 nitrogen and oxygen atoms in total. The number of allylic oxidation sites excluding steroid dienone is 6. The molecule has 5 aromatic rings. The molecule has 0 spiro atoms. The van der Waals surface area contributed by atoms with Gasteiger partial charge in [0, 0.05) is 46.8 Å². The molecule has 46 heavy (non-hydrogen) atoms. The van der Waals surface area contributed by atoms with Crippen molar-refractivity contribution in [3.63, 3.8) is 0 Å². The number of rotatable bonds is 7. The summed E-state index contributed by atoms with van der Waals surface area (Å²) in [4.78, 5) is 1.29. The van der Waals surface area contributed by atoms with E-state index in [-0.39, 0.29) is 20.9 Å². The van der Waals surface area contributed by atoms with Crippen LogP contribution in [-0.4, -0.2) is 17.8 Å². The third-order valence-corrected chi connectivity index (χ3v) is 10.6. The first kappa shape index (κ1) is 32.1. The molecule has 6 rings (SSSR count). The molecule has 0 atom stereocenters. The first-order valence-electron chi connectivity index (χ1n) is 14.2. The summed E-state index contributed by atoms with van der Waals surface area (Å²) in [6.45, 7) is 3.40. The molecule has 0 aliphatic heterocycles. The largest absolute Gasteiger partial charge is 0.380 e. The molecule has 0 bridgehead atoms. The van der Waals surface area contributed by atoms with Gasteiger partial charge in [-0.15, -0.1) is 22.7 Å². The fraction of sp³-hybridized carbons (Fsp3) is 0.135. The van der Waals surface area contributed by atoms with Crippen LogP contribution in [-0.2, 0) is 0 Å². The van der Waals surface area contributed by atoms with Gasteiger partial charge < -0.3 is 0 Å². The van der Waals surface area contributed by atoms with E-state index in [2.05, 4.69) is 0 Å². The van der Waals surface area contributed by atoms with Crippen molar-refractivity contribution < 1.29 is 26.3 Å². The van der Waals surface area contributed by atoms with Crippen molar-refractivity contribution in [2.75, 3.05) is 0 Å². The summed E-state index contributed by atoms with van der Waals surface area (Å²) in [5.41, 5.74) is -1.35. The molecule has 0 radical (unpaired) electrons. The minimum atomic E-state index is -5.70. The molecule has 0 saturated carbocycles. The first-order valence-corrected chi connectivity index (χ1v) is 16.2. The minimum absolute atomic E-state index is 0.184. The summed E-state index contributed by atoms with van der Waals surface area (Å²) in [5, 5.41) is 0.441. The predicted molar refractivity (Wildman–Crippen MR) is 180 cm³/mol. The van der Waals surface area contributed by atoms with Gasteiger partial charge in [0.1, 0.15) is 0 Å². The zero-order valence-electron chi connectivity index (χ0n) is 24.4. The van der Waals surface area contributed by atoms with Gasteiger partial charge in [0.25, 0.3) is 0 Å². The SMILES string of the molecule is C/C=C\C=C(/C)c1sc(-c2ccc(Cl)cc2)cc1C1=C(c2cc(-c3ccccc3)sc2-c2ccccc2)C(F)(F)C(F)(F)C1(F)F. The summed E-state index contributed by atoms with van der Waals surface area (Å²) in [5.74, 6) is -16.1. The Morgan fingerprint density at radius 3 is 1.74 bits per heavy atom. The quantitative estimate of drug-likeness (QED) is 0.118. The van der Waals surface area contributed by atoms with Gasteiger partial charge in [-0.1, -0.05) is 103 Å². The van der Waals surface area contributed by atoms with Crippen LogP contribution in [0.4, 0.5) is 26.3 Å². The van der Waals surface area contributed by atoms with Crippen molar-refractivity contribution in [2.45, 2.75) is 31.6 Å². The standard InChI is InChI=1S/C37H25ClF6S2/c1-3-4-11-22(2)33-27(20-30(45-33)24-16-18-26(38)19-17-24)31-32(36(41,42)37(43,44)35(31,39)40)28-21-29(23-12-7-5-8-13-23)46-34(28)25-14-9-6-10-15-25/h3-21H,1-2H3/b4-3-,22-11+. The summed E-state index contributed by atoms with van der Waals surface area (Å²) in [6.07, 6.45) is 5.03. The zero-order valence-corrected chi connectivity index (χ0v) is 26.8. The van der Waals surface area contributed by atoms with Crippen LogP contribution in [0.25, 0.3) is 48.0 Å². The molecular formula is C37H25ClF6S2. The van der Waals surface area contributed by atoms with Crippen LogP contribution in [0.3, 0.4) is 0 Å². The highest BCUT2D eigenvalue weighted by atomic mass is 35.5. The third kappa shape index (κ3) is 5.26. The van der Waals surface area contributed by atoms with Crippen molar-refractivity contribution in [1.29, 1.82) is 0 Å². The Bertz CT molecular complexity index is 1980. The normalized spacial score (nSPS) is 17.3. The van der Waals surface area contributed by atoms with Gasteiger partial charge in [0.05, 0.1) is 0 Å². The Kier molecular flexibility index (Phi) is 8.42. The lowest BCUT2D eigenvalue weighted by atomic mass is 9.92. The molecule has 0 unspecified atom stereocenters. The van der Waals surface area contributed by atoms with Crippen LogP contribution < -0.4 is 0 Å². The average Bonchev–Trinajstić information content (AvgIpc) is 3.70. The highest BCUT2D eigenvalue weighted by molar-refractivity contribution is 7.19. The van der Waals surface area contributed by atoms with Gasteiger partial charge in [-0.2, -0.15) is 26.3 Å². The van der Waals surface area contributed by atoms with E-state index >= 15 is 26.3 Å². The maximum Gasteiger partial charge on any atom is 0.380 e. The lowest BCUT2D eigenvalue weighted by molar-refractivity contribution is -0.254. The zero-order chi connectivity index (χ0) is 32.9. The fourth-order valence-electron chi connectivity index (χ4n) is 5.50. The van der Waals surface area contributed by atoms with Crippen LogP contribution in [0, 0.1) is 0 Å². The predicted octanol–water partition coefficient (Wildman–Crippen LogP) is 13.3. The van der Waals surface area contributed by atoms with Crippen LogP contribution in [0.5, 0.6) is 0 Å². The van der Waals surface area contributed by atoms with Crippen molar-refractivity contribution in [1.82, 2.24) is 0 Å². The lowest BCUT2D eigenvalue weighted by Crippen LogP contribution is -2.48. The van der Waals surface area contributed by atoms with Gasteiger partial charge in [0.2, 0.25) is 0 Å². The van der Waals surface area contributed by atoms with E-state index in [1.165, 1.54) is 12.1 Å². The molecule has 1 aliphatic carbocycles. The molecule has 1 aliphatic rings. The Hall–Kier alpha value is -3.85. The average molecular weight is 683 g/mol. The van der Waals surface area contributed by atoms with E-state index in [1.54, 1.807) is 117 Å². The Labute approximate surface area is 275 Å². The molecular weight excluding hydrogens is 658 g/mol. The molecule has 0 saturated heterocycles. The maximum atomic E-state index is 16.2. The van der Waals surface area contributed by atoms with Gasteiger partial charge in [-0.05, 0) is 60.4 Å². The third-order valence-electron chi connectivity index (χ3n) is 7.79. The number of thiophene rings is 2. The number of hydrogen-bond donors (Lipinski definition) is 0. The van der Waals surface area contributed by atoms with Crippen LogP contribution >= 0.6 is 34.3 Å². The van der Waals surface area contributed by atoms with E-state index < -0.39 is 28.9 Å². The van der Waals surface area contributed by atoms with E-state index in [0.29, 0.717) is 37.0 Å². The Morgan fingerprint density at radius 1 is 0.652 bits per heavy atom. The number of alkyl halides is 6. The topological polar surface area (TPSA) is 0 Å². The first-order chi connectivity index (χ1) is 21.9. The van der Waals surface area contributed by atoms with Crippen molar-refractivity contribution in [2.24, 2.45) is 0 Å². The molecule has 234 valence electrons. The van der Waals surface area contributed by atoms with Gasteiger partial charge in [0.15, 0.2) is 0 Å². The smallest absolute Gasteiger partial charge is 0.194 e. The summed E-state index contributed by atoms with van der Waals surface area (Å²) < 4.78 is 95.9. The molecule has 3 aromatic carbocycles. The molecule has 0 amide bonds. The van der Waals surface area contributed by atoms with Gasteiger partial charge in [-0.25, -0.2) is 0 Å². The number of benzene rings is 3. The fourth-order valence-corrected chi connectivity index (χ4v) is 7.95. The second-order valence-corrected chi connectivity index (χ2v) is 13.3. The van der Waals surface area contributed by atoms with Crippen LogP contribution in [0.2, 0.25) is 5.02 Å². The second kappa shape index (κ2) is 12.1. The second-order valence-electron chi connectivity index (χ2n) is 10.8. The highest BCUT2D eigenvalue weighted by Gasteiger charge is 2.80. The van der Waals surface area contributed by atoms with E-state index in [9.17, 15) is 0 Å². The number of hydrogen-bond acceptors (Lipinski definition) is 2.